The van der Waals surface area contributed by atoms with E-state index in [4.69, 9.17) is 40.6 Å². The van der Waals surface area contributed by atoms with Crippen LogP contribution in [-0.4, -0.2) is 65.0 Å². The second kappa shape index (κ2) is 10.6. The van der Waals surface area contributed by atoms with E-state index in [-0.39, 0.29) is 23.6 Å². The number of nitrogen functional groups attached to an aromatic ring is 2. The van der Waals surface area contributed by atoms with E-state index in [1.54, 1.807) is 11.3 Å². The van der Waals surface area contributed by atoms with Gasteiger partial charge in [0.05, 0.1) is 30.1 Å². The molecule has 5 N–H and O–H groups in total. The highest BCUT2D eigenvalue weighted by atomic mass is 32.1. The Balaban J connectivity index is 1.29. The van der Waals surface area contributed by atoms with E-state index >= 15 is 0 Å². The minimum absolute atomic E-state index is 0.182. The molecule has 218 valence electrons. The van der Waals surface area contributed by atoms with Crippen LogP contribution in [0.1, 0.15) is 66.6 Å². The predicted molar refractivity (Wildman–Crippen MR) is 160 cm³/mol. The number of aromatic nitrogens is 3. The van der Waals surface area contributed by atoms with Crippen molar-refractivity contribution in [3.05, 3.63) is 40.4 Å². The fraction of sp³-hybridized carbons (Fsp3) is 0.567. The molecule has 0 amide bonds. The molecule has 3 aromatic rings. The largest absolute Gasteiger partial charge is 0.468 e. The van der Waals surface area contributed by atoms with Gasteiger partial charge in [0, 0.05) is 34.1 Å². The summed E-state index contributed by atoms with van der Waals surface area (Å²) in [4.78, 5) is 13.4. The molecule has 2 fully saturated rings. The van der Waals surface area contributed by atoms with E-state index in [0.717, 1.165) is 82.2 Å². The standard InChI is InChI=1S/C30H39N7O3S/c1-3-20(19-8-6-13-37(19)2)39-23-15-22(33-17-10-14-38-16-17)34-29(35-23)26-18-7-4-11-30(27(18)36-40-26)12-5-9-21-24(30)25(31)28(32)41-21/h3,15,17,19-20H,1,4-14,16,31-32H2,2H3,(H,33,34,35)/t17-,19-,20-,30-/m0/s1. The summed E-state index contributed by atoms with van der Waals surface area (Å²) >= 11 is 1.62. The number of likely N-dealkylation sites (tertiary alicyclic amines) is 1. The molecule has 2 saturated heterocycles. The maximum Gasteiger partial charge on any atom is 0.219 e. The molecule has 0 bridgehead atoms. The lowest BCUT2D eigenvalue weighted by molar-refractivity contribution is 0.138. The van der Waals surface area contributed by atoms with Crippen LogP contribution in [0.15, 0.2) is 23.2 Å². The Labute approximate surface area is 244 Å². The zero-order chi connectivity index (χ0) is 28.1. The molecule has 0 aromatic carbocycles. The summed E-state index contributed by atoms with van der Waals surface area (Å²) in [5, 5.41) is 8.96. The van der Waals surface area contributed by atoms with Crippen LogP contribution < -0.4 is 21.5 Å². The van der Waals surface area contributed by atoms with E-state index in [1.165, 1.54) is 10.4 Å². The molecule has 0 saturated carbocycles. The van der Waals surface area contributed by atoms with Gasteiger partial charge in [-0.05, 0) is 77.5 Å². The maximum atomic E-state index is 6.60. The third-order valence-corrected chi connectivity index (χ3v) is 10.5. The Morgan fingerprint density at radius 3 is 2.83 bits per heavy atom. The van der Waals surface area contributed by atoms with Gasteiger partial charge in [-0.1, -0.05) is 11.7 Å². The molecule has 3 aromatic heterocycles. The number of nitrogens with one attached hydrogen (secondary N) is 1. The number of nitrogens with two attached hydrogens (primary N) is 2. The Hall–Kier alpha value is -3.15. The molecule has 4 atom stereocenters. The lowest BCUT2D eigenvalue weighted by atomic mass is 9.63. The lowest BCUT2D eigenvalue weighted by Gasteiger charge is -2.39. The maximum absolute atomic E-state index is 6.60. The number of rotatable bonds is 7. The molecular formula is C30H39N7O3S. The molecular weight excluding hydrogens is 538 g/mol. The number of fused-ring (bicyclic) bond motifs is 4. The minimum atomic E-state index is -0.279. The van der Waals surface area contributed by atoms with Gasteiger partial charge in [-0.15, -0.1) is 11.3 Å². The molecule has 2 aliphatic heterocycles. The van der Waals surface area contributed by atoms with Crippen molar-refractivity contribution in [2.24, 2.45) is 0 Å². The Kier molecular flexibility index (Phi) is 6.91. The van der Waals surface area contributed by atoms with E-state index < -0.39 is 0 Å². The molecule has 0 radical (unpaired) electrons. The molecule has 4 aliphatic rings. The lowest BCUT2D eigenvalue weighted by Crippen LogP contribution is -2.38. The van der Waals surface area contributed by atoms with Crippen LogP contribution >= 0.6 is 11.3 Å². The highest BCUT2D eigenvalue weighted by molar-refractivity contribution is 7.16. The average molecular weight is 578 g/mol. The van der Waals surface area contributed by atoms with Crippen molar-refractivity contribution < 1.29 is 14.0 Å². The van der Waals surface area contributed by atoms with Crippen LogP contribution in [0, 0.1) is 0 Å². The van der Waals surface area contributed by atoms with Gasteiger partial charge in [-0.25, -0.2) is 4.98 Å². The minimum Gasteiger partial charge on any atom is -0.468 e. The summed E-state index contributed by atoms with van der Waals surface area (Å²) in [5.41, 5.74) is 16.6. The Morgan fingerprint density at radius 1 is 1.22 bits per heavy atom. The predicted octanol–water partition coefficient (Wildman–Crippen LogP) is 4.54. The smallest absolute Gasteiger partial charge is 0.219 e. The molecule has 7 rings (SSSR count). The number of aryl methyl sites for hydroxylation is 1. The first-order chi connectivity index (χ1) is 20.0. The normalized spacial score (nSPS) is 26.6. The van der Waals surface area contributed by atoms with Gasteiger partial charge in [0.1, 0.15) is 16.9 Å². The van der Waals surface area contributed by atoms with E-state index in [2.05, 4.69) is 23.8 Å². The highest BCUT2D eigenvalue weighted by Crippen LogP contribution is 2.55. The third kappa shape index (κ3) is 4.58. The van der Waals surface area contributed by atoms with Gasteiger partial charge >= 0.3 is 0 Å². The molecule has 11 heteroatoms. The van der Waals surface area contributed by atoms with Gasteiger partial charge in [0.15, 0.2) is 0 Å². The second-order valence-electron chi connectivity index (χ2n) is 11.9. The van der Waals surface area contributed by atoms with Crippen LogP contribution in [0.2, 0.25) is 0 Å². The van der Waals surface area contributed by atoms with Gasteiger partial charge in [-0.2, -0.15) is 4.98 Å². The molecule has 41 heavy (non-hydrogen) atoms. The van der Waals surface area contributed by atoms with Crippen LogP contribution in [0.3, 0.4) is 0 Å². The topological polar surface area (TPSA) is 138 Å². The monoisotopic (exact) mass is 577 g/mol. The summed E-state index contributed by atoms with van der Waals surface area (Å²) < 4.78 is 18.2. The zero-order valence-electron chi connectivity index (χ0n) is 23.7. The van der Waals surface area contributed by atoms with Gasteiger partial charge < -0.3 is 30.8 Å². The van der Waals surface area contributed by atoms with Crippen molar-refractivity contribution in [3.63, 3.8) is 0 Å². The van der Waals surface area contributed by atoms with Crippen LogP contribution in [-0.2, 0) is 23.0 Å². The third-order valence-electron chi connectivity index (χ3n) is 9.44. The SMILES string of the molecule is C=C[C@H](Oc1cc(N[C@H]2CCOC2)nc(-c2onc3c2CCC[C@@]32CCCc3sc(N)c(N)c32)n1)[C@@H]1CCCN1C. The van der Waals surface area contributed by atoms with Crippen molar-refractivity contribution in [3.8, 4) is 17.5 Å². The van der Waals surface area contributed by atoms with Crippen molar-refractivity contribution in [1.82, 2.24) is 20.0 Å². The van der Waals surface area contributed by atoms with Crippen molar-refractivity contribution >= 4 is 27.8 Å². The molecule has 5 heterocycles. The Bertz CT molecular complexity index is 1440. The summed E-state index contributed by atoms with van der Waals surface area (Å²) in [5.74, 6) is 2.27. The summed E-state index contributed by atoms with van der Waals surface area (Å²) in [6.45, 7) is 6.51. The van der Waals surface area contributed by atoms with Crippen molar-refractivity contribution in [2.45, 2.75) is 81.4 Å². The molecule has 2 aliphatic carbocycles. The van der Waals surface area contributed by atoms with Crippen molar-refractivity contribution in [2.75, 3.05) is 43.6 Å². The molecule has 1 spiro atoms. The molecule has 0 unspecified atom stereocenters. The van der Waals surface area contributed by atoms with E-state index in [9.17, 15) is 0 Å². The second-order valence-corrected chi connectivity index (χ2v) is 13.1. The molecule has 10 nitrogen and oxygen atoms in total. The van der Waals surface area contributed by atoms with E-state index in [0.29, 0.717) is 40.6 Å². The van der Waals surface area contributed by atoms with E-state index in [1.807, 2.05) is 12.1 Å². The number of ether oxygens (including phenoxy) is 2. The number of nitrogens with zero attached hydrogens (tertiary/aromatic N) is 4. The number of hydrogen-bond acceptors (Lipinski definition) is 11. The zero-order valence-corrected chi connectivity index (χ0v) is 24.5. The first-order valence-corrected chi connectivity index (χ1v) is 15.7. The quantitative estimate of drug-likeness (QED) is 0.343. The fourth-order valence-corrected chi connectivity index (χ4v) is 8.58. The fourth-order valence-electron chi connectivity index (χ4n) is 7.45. The number of anilines is 3. The van der Waals surface area contributed by atoms with Crippen LogP contribution in [0.4, 0.5) is 16.5 Å². The summed E-state index contributed by atoms with van der Waals surface area (Å²) in [7, 11) is 2.14. The van der Waals surface area contributed by atoms with Crippen LogP contribution in [0.25, 0.3) is 11.6 Å². The number of likely N-dealkylation sites (N-methyl/N-ethyl adjacent to an activating group) is 1. The Morgan fingerprint density at radius 2 is 2.07 bits per heavy atom. The first-order valence-electron chi connectivity index (χ1n) is 14.9. The van der Waals surface area contributed by atoms with Crippen LogP contribution in [0.5, 0.6) is 5.88 Å². The highest BCUT2D eigenvalue weighted by Gasteiger charge is 2.48. The van der Waals surface area contributed by atoms with Gasteiger partial charge in [-0.3, -0.25) is 4.90 Å². The number of thiophene rings is 1. The van der Waals surface area contributed by atoms with Crippen molar-refractivity contribution in [1.29, 1.82) is 0 Å². The average Bonchev–Trinajstić information content (AvgIpc) is 3.77. The summed E-state index contributed by atoms with van der Waals surface area (Å²) in [6.07, 6.45) is 10.7. The number of hydrogen-bond donors (Lipinski definition) is 3. The first kappa shape index (κ1) is 26.7. The van der Waals surface area contributed by atoms with Gasteiger partial charge in [0.25, 0.3) is 0 Å². The van der Waals surface area contributed by atoms with Gasteiger partial charge in [0.2, 0.25) is 17.5 Å². The summed E-state index contributed by atoms with van der Waals surface area (Å²) in [6, 6.07) is 2.31.